The number of aromatic nitrogens is 3. The van der Waals surface area contributed by atoms with Crippen molar-refractivity contribution >= 4 is 34.0 Å². The molecule has 0 bridgehead atoms. The van der Waals surface area contributed by atoms with E-state index in [0.717, 1.165) is 48.4 Å². The number of fused-ring (bicyclic) bond motifs is 1. The topological polar surface area (TPSA) is 92.8 Å². The molecule has 0 radical (unpaired) electrons. The lowest BCUT2D eigenvalue weighted by molar-refractivity contribution is -0.113. The summed E-state index contributed by atoms with van der Waals surface area (Å²) in [4.78, 5) is 13.9. The zero-order valence-corrected chi connectivity index (χ0v) is 19.8. The first-order valence-corrected chi connectivity index (χ1v) is 12.5. The summed E-state index contributed by atoms with van der Waals surface area (Å²) in [5.74, 6) is 1.55. The van der Waals surface area contributed by atoms with Crippen LogP contribution >= 0.6 is 23.1 Å². The Hall–Kier alpha value is -2.83. The standard InChI is InChI=1S/C23H25N5O2S2/c1-3-28-21(15-8-7-9-16(12-15)30-2)26-27-23(28)31-14-20(29)25-22-18(13-24)17-10-5-4-6-11-19(17)32-22/h7-9,12H,3-6,10-11,14H2,1-2H3,(H,25,29). The Bertz CT molecular complexity index is 1160. The molecule has 7 nitrogen and oxygen atoms in total. The van der Waals surface area contributed by atoms with Crippen molar-refractivity contribution in [2.24, 2.45) is 0 Å². The van der Waals surface area contributed by atoms with Crippen LogP contribution < -0.4 is 10.1 Å². The second kappa shape index (κ2) is 10.2. The highest BCUT2D eigenvalue weighted by molar-refractivity contribution is 7.99. The number of nitrogens with one attached hydrogen (secondary N) is 1. The van der Waals surface area contributed by atoms with Gasteiger partial charge in [-0.1, -0.05) is 30.3 Å². The summed E-state index contributed by atoms with van der Waals surface area (Å²) < 4.78 is 7.30. The number of aryl methyl sites for hydroxylation is 1. The predicted molar refractivity (Wildman–Crippen MR) is 127 cm³/mol. The van der Waals surface area contributed by atoms with Crippen LogP contribution in [0.25, 0.3) is 11.4 Å². The van der Waals surface area contributed by atoms with E-state index in [-0.39, 0.29) is 11.7 Å². The number of methoxy groups -OCH3 is 1. The number of nitrogens with zero attached hydrogens (tertiary/aromatic N) is 4. The van der Waals surface area contributed by atoms with Gasteiger partial charge >= 0.3 is 0 Å². The van der Waals surface area contributed by atoms with Gasteiger partial charge in [-0.15, -0.1) is 21.5 Å². The van der Waals surface area contributed by atoms with E-state index in [0.29, 0.717) is 22.3 Å². The van der Waals surface area contributed by atoms with Gasteiger partial charge in [-0.25, -0.2) is 0 Å². The fourth-order valence-electron chi connectivity index (χ4n) is 3.90. The molecule has 2 heterocycles. The van der Waals surface area contributed by atoms with Gasteiger partial charge in [0.2, 0.25) is 5.91 Å². The van der Waals surface area contributed by atoms with Gasteiger partial charge < -0.3 is 14.6 Å². The van der Waals surface area contributed by atoms with Gasteiger partial charge in [0.1, 0.15) is 16.8 Å². The Morgan fingerprint density at radius 3 is 2.94 bits per heavy atom. The van der Waals surface area contributed by atoms with Crippen LogP contribution in [0.4, 0.5) is 5.00 Å². The maximum Gasteiger partial charge on any atom is 0.235 e. The Morgan fingerprint density at radius 1 is 1.31 bits per heavy atom. The SMILES string of the molecule is CCn1c(SCC(=O)Nc2sc3c(c2C#N)CCCCC3)nnc1-c1cccc(OC)c1. The number of benzene rings is 1. The maximum absolute atomic E-state index is 12.7. The number of amides is 1. The molecule has 0 atom stereocenters. The minimum absolute atomic E-state index is 0.142. The smallest absolute Gasteiger partial charge is 0.235 e. The largest absolute Gasteiger partial charge is 0.497 e. The van der Waals surface area contributed by atoms with Crippen molar-refractivity contribution in [3.8, 4) is 23.2 Å². The Kier molecular flexibility index (Phi) is 7.12. The van der Waals surface area contributed by atoms with Crippen molar-refractivity contribution < 1.29 is 9.53 Å². The number of thioether (sulfide) groups is 1. The van der Waals surface area contributed by atoms with Crippen molar-refractivity contribution in [2.75, 3.05) is 18.2 Å². The number of anilines is 1. The molecule has 0 saturated carbocycles. The van der Waals surface area contributed by atoms with Crippen LogP contribution in [-0.4, -0.2) is 33.5 Å². The van der Waals surface area contributed by atoms with Crippen molar-refractivity contribution in [1.82, 2.24) is 14.8 Å². The number of carbonyl (C=O) groups excluding carboxylic acids is 1. The fraction of sp³-hybridized carbons (Fsp3) is 0.391. The first-order valence-electron chi connectivity index (χ1n) is 10.7. The number of ether oxygens (including phenoxy) is 1. The summed E-state index contributed by atoms with van der Waals surface area (Å²) in [7, 11) is 1.63. The maximum atomic E-state index is 12.7. The third-order valence-electron chi connectivity index (χ3n) is 5.48. The van der Waals surface area contributed by atoms with E-state index >= 15 is 0 Å². The summed E-state index contributed by atoms with van der Waals surface area (Å²) in [5, 5.41) is 22.6. The third kappa shape index (κ3) is 4.66. The molecular formula is C23H25N5O2S2. The molecule has 1 amide bonds. The summed E-state index contributed by atoms with van der Waals surface area (Å²) in [6, 6.07) is 9.99. The highest BCUT2D eigenvalue weighted by Gasteiger charge is 2.21. The van der Waals surface area contributed by atoms with Crippen molar-refractivity contribution in [3.05, 3.63) is 40.3 Å². The molecule has 4 rings (SSSR count). The van der Waals surface area contributed by atoms with Gasteiger partial charge in [0.15, 0.2) is 11.0 Å². The molecule has 1 aliphatic rings. The normalized spacial score (nSPS) is 13.2. The van der Waals surface area contributed by atoms with Crippen LogP contribution in [0.5, 0.6) is 5.75 Å². The number of hydrogen-bond donors (Lipinski definition) is 1. The van der Waals surface area contributed by atoms with Crippen LogP contribution in [-0.2, 0) is 24.2 Å². The molecule has 166 valence electrons. The monoisotopic (exact) mass is 467 g/mol. The van der Waals surface area contributed by atoms with Gasteiger partial charge in [-0.05, 0) is 50.3 Å². The first-order chi connectivity index (χ1) is 15.6. The average molecular weight is 468 g/mol. The molecule has 9 heteroatoms. The molecule has 0 aliphatic heterocycles. The number of hydrogen-bond acceptors (Lipinski definition) is 7. The van der Waals surface area contributed by atoms with E-state index in [4.69, 9.17) is 4.74 Å². The molecule has 32 heavy (non-hydrogen) atoms. The molecule has 3 aromatic rings. The Balaban J connectivity index is 1.46. The second-order valence-corrected chi connectivity index (χ2v) is 9.55. The van der Waals surface area contributed by atoms with E-state index in [2.05, 4.69) is 21.6 Å². The number of nitriles is 1. The molecule has 1 aliphatic carbocycles. The fourth-order valence-corrected chi connectivity index (χ4v) is 5.96. The molecule has 1 aromatic carbocycles. The van der Waals surface area contributed by atoms with Gasteiger partial charge in [-0.2, -0.15) is 5.26 Å². The number of rotatable bonds is 7. The van der Waals surface area contributed by atoms with Crippen LogP contribution in [0.3, 0.4) is 0 Å². The lowest BCUT2D eigenvalue weighted by atomic mass is 10.1. The number of carbonyl (C=O) groups is 1. The van der Waals surface area contributed by atoms with E-state index in [1.54, 1.807) is 18.4 Å². The van der Waals surface area contributed by atoms with Gasteiger partial charge in [-0.3, -0.25) is 4.79 Å². The highest BCUT2D eigenvalue weighted by Crippen LogP contribution is 2.37. The van der Waals surface area contributed by atoms with Crippen molar-refractivity contribution in [2.45, 2.75) is 50.7 Å². The quantitative estimate of drug-likeness (QED) is 0.392. The van der Waals surface area contributed by atoms with Crippen molar-refractivity contribution in [1.29, 1.82) is 5.26 Å². The van der Waals surface area contributed by atoms with Gasteiger partial charge in [0.25, 0.3) is 0 Å². The molecule has 2 aromatic heterocycles. The lowest BCUT2D eigenvalue weighted by Gasteiger charge is -2.08. The van der Waals surface area contributed by atoms with Crippen LogP contribution in [0.1, 0.15) is 42.2 Å². The van der Waals surface area contributed by atoms with Crippen molar-refractivity contribution in [3.63, 3.8) is 0 Å². The summed E-state index contributed by atoms with van der Waals surface area (Å²) >= 11 is 2.90. The zero-order valence-electron chi connectivity index (χ0n) is 18.2. The summed E-state index contributed by atoms with van der Waals surface area (Å²) in [6.07, 6.45) is 5.35. The molecule has 1 N–H and O–H groups in total. The molecule has 0 fully saturated rings. The van der Waals surface area contributed by atoms with Crippen LogP contribution in [0.15, 0.2) is 29.4 Å². The molecule has 0 unspecified atom stereocenters. The van der Waals surface area contributed by atoms with E-state index in [9.17, 15) is 10.1 Å². The highest BCUT2D eigenvalue weighted by atomic mass is 32.2. The predicted octanol–water partition coefficient (Wildman–Crippen LogP) is 4.91. The number of thiophene rings is 1. The molecular weight excluding hydrogens is 442 g/mol. The molecule has 0 spiro atoms. The van der Waals surface area contributed by atoms with Crippen LogP contribution in [0.2, 0.25) is 0 Å². The summed E-state index contributed by atoms with van der Waals surface area (Å²) in [6.45, 7) is 2.70. The lowest BCUT2D eigenvalue weighted by Crippen LogP contribution is -2.14. The average Bonchev–Trinajstić information content (AvgIpc) is 3.29. The minimum atomic E-state index is -0.142. The van der Waals surface area contributed by atoms with Gasteiger partial charge in [0, 0.05) is 17.0 Å². The van der Waals surface area contributed by atoms with E-state index in [1.807, 2.05) is 35.8 Å². The van der Waals surface area contributed by atoms with Crippen LogP contribution in [0, 0.1) is 11.3 Å². The first kappa shape index (κ1) is 22.4. The zero-order chi connectivity index (χ0) is 22.5. The van der Waals surface area contributed by atoms with E-state index < -0.39 is 0 Å². The third-order valence-corrected chi connectivity index (χ3v) is 7.65. The second-order valence-electron chi connectivity index (χ2n) is 7.50. The minimum Gasteiger partial charge on any atom is -0.497 e. The van der Waals surface area contributed by atoms with Gasteiger partial charge in [0.05, 0.1) is 18.4 Å². The Labute approximate surface area is 195 Å². The Morgan fingerprint density at radius 2 is 2.16 bits per heavy atom. The molecule has 0 saturated heterocycles. The summed E-state index contributed by atoms with van der Waals surface area (Å²) in [5.41, 5.74) is 2.68. The van der Waals surface area contributed by atoms with E-state index in [1.165, 1.54) is 23.1 Å².